The van der Waals surface area contributed by atoms with Crippen molar-refractivity contribution in [3.8, 4) is 40.0 Å². The fourth-order valence-electron chi connectivity index (χ4n) is 6.38. The summed E-state index contributed by atoms with van der Waals surface area (Å²) in [5.74, 6) is -0.204. The van der Waals surface area contributed by atoms with Crippen LogP contribution in [0.4, 0.5) is 0 Å². The first kappa shape index (κ1) is 29.0. The zero-order chi connectivity index (χ0) is 31.2. The predicted molar refractivity (Wildman–Crippen MR) is 160 cm³/mol. The van der Waals surface area contributed by atoms with E-state index in [1.165, 1.54) is 26.0 Å². The van der Waals surface area contributed by atoms with Crippen molar-refractivity contribution in [1.82, 2.24) is 15.0 Å². The second-order valence-corrected chi connectivity index (χ2v) is 11.7. The van der Waals surface area contributed by atoms with Crippen molar-refractivity contribution in [1.29, 1.82) is 0 Å². The van der Waals surface area contributed by atoms with Gasteiger partial charge in [0.25, 0.3) is 0 Å². The summed E-state index contributed by atoms with van der Waals surface area (Å²) in [6, 6.07) is 14.9. The lowest BCUT2D eigenvalue weighted by Crippen LogP contribution is -2.37. The highest BCUT2D eigenvalue weighted by molar-refractivity contribution is 9.10. The van der Waals surface area contributed by atoms with E-state index in [-0.39, 0.29) is 19.9 Å². The van der Waals surface area contributed by atoms with Gasteiger partial charge in [0, 0.05) is 27.4 Å². The first-order chi connectivity index (χ1) is 21.9. The van der Waals surface area contributed by atoms with Crippen LogP contribution in [0.25, 0.3) is 11.3 Å². The van der Waals surface area contributed by atoms with E-state index in [0.717, 1.165) is 21.2 Å². The van der Waals surface area contributed by atoms with Crippen LogP contribution in [0.15, 0.2) is 59.2 Å². The Kier molecular flexibility index (Phi) is 7.48. The number of benzene rings is 3. The van der Waals surface area contributed by atoms with Crippen LogP contribution in [0.1, 0.15) is 28.7 Å². The summed E-state index contributed by atoms with van der Waals surface area (Å²) in [5, 5.41) is 8.33. The lowest BCUT2D eigenvalue weighted by atomic mass is 9.66. The standard InChI is InChI=1S/C32H28BrN3O9/c1-39-25-8-17(9-26(40-2)31(25)41-3)28-19-10-23-24(44-15-43-23)11-20(19)30(21-14-42-32(38)29(21)28)45-27(37)13-36-12-22(34-35-36)16-4-6-18(33)7-5-16/h4-12,21,28-30H,13-15H2,1-3H3/t21-,28+,29-,30-/m0/s1. The molecule has 7 rings (SSSR count). The summed E-state index contributed by atoms with van der Waals surface area (Å²) >= 11 is 3.43. The molecule has 0 unspecified atom stereocenters. The number of ether oxygens (including phenoxy) is 7. The normalized spacial score (nSPS) is 21.0. The molecule has 0 spiro atoms. The molecule has 45 heavy (non-hydrogen) atoms. The Bertz CT molecular complexity index is 1770. The van der Waals surface area contributed by atoms with Gasteiger partial charge in [-0.05, 0) is 47.5 Å². The van der Waals surface area contributed by atoms with Crippen LogP contribution in [-0.4, -0.2) is 61.7 Å². The highest BCUT2D eigenvalue weighted by Crippen LogP contribution is 2.56. The minimum atomic E-state index is -0.800. The van der Waals surface area contributed by atoms with Gasteiger partial charge < -0.3 is 33.2 Å². The molecule has 1 saturated heterocycles. The summed E-state index contributed by atoms with van der Waals surface area (Å²) in [7, 11) is 4.60. The van der Waals surface area contributed by atoms with Gasteiger partial charge in [-0.25, -0.2) is 4.68 Å². The third-order valence-electron chi connectivity index (χ3n) is 8.39. The first-order valence-electron chi connectivity index (χ1n) is 14.1. The highest BCUT2D eigenvalue weighted by atomic mass is 79.9. The Balaban J connectivity index is 1.25. The van der Waals surface area contributed by atoms with Gasteiger partial charge in [-0.3, -0.25) is 9.59 Å². The lowest BCUT2D eigenvalue weighted by molar-refractivity contribution is -0.155. The molecular weight excluding hydrogens is 650 g/mol. The quantitative estimate of drug-likeness (QED) is 0.241. The van der Waals surface area contributed by atoms with E-state index >= 15 is 0 Å². The van der Waals surface area contributed by atoms with Gasteiger partial charge in [-0.2, -0.15) is 0 Å². The van der Waals surface area contributed by atoms with E-state index in [1.807, 2.05) is 48.5 Å². The molecule has 0 radical (unpaired) electrons. The molecule has 3 heterocycles. The van der Waals surface area contributed by atoms with E-state index in [0.29, 0.717) is 40.0 Å². The van der Waals surface area contributed by atoms with Gasteiger partial charge in [0.15, 0.2) is 23.0 Å². The van der Waals surface area contributed by atoms with Crippen LogP contribution in [0.2, 0.25) is 0 Å². The summed E-state index contributed by atoms with van der Waals surface area (Å²) < 4.78 is 42.3. The molecule has 0 bridgehead atoms. The number of rotatable bonds is 8. The number of nitrogens with zero attached hydrogens (tertiary/aromatic N) is 3. The Morgan fingerprint density at radius 2 is 1.64 bits per heavy atom. The van der Waals surface area contributed by atoms with Gasteiger partial charge in [-0.15, -0.1) is 5.10 Å². The number of halogens is 1. The largest absolute Gasteiger partial charge is 0.493 e. The molecule has 1 fully saturated rings. The Labute approximate surface area is 266 Å². The van der Waals surface area contributed by atoms with E-state index in [2.05, 4.69) is 26.2 Å². The summed E-state index contributed by atoms with van der Waals surface area (Å²) in [6.07, 6.45) is 0.884. The van der Waals surface area contributed by atoms with Crippen molar-refractivity contribution in [2.45, 2.75) is 18.6 Å². The Morgan fingerprint density at radius 3 is 2.31 bits per heavy atom. The molecule has 13 heteroatoms. The number of fused-ring (bicyclic) bond motifs is 3. The molecule has 4 atom stereocenters. The molecular formula is C32H28BrN3O9. The maximum absolute atomic E-state index is 13.4. The highest BCUT2D eigenvalue weighted by Gasteiger charge is 2.54. The molecule has 1 aliphatic carbocycles. The maximum Gasteiger partial charge on any atom is 0.328 e. The molecule has 0 saturated carbocycles. The molecule has 2 aliphatic heterocycles. The number of aromatic nitrogens is 3. The monoisotopic (exact) mass is 677 g/mol. The van der Waals surface area contributed by atoms with Crippen molar-refractivity contribution in [3.05, 3.63) is 75.9 Å². The summed E-state index contributed by atoms with van der Waals surface area (Å²) in [6.45, 7) is -0.0465. The molecule has 0 N–H and O–H groups in total. The van der Waals surface area contributed by atoms with Crippen LogP contribution in [-0.2, 0) is 25.6 Å². The second kappa shape index (κ2) is 11.6. The fourth-order valence-corrected chi connectivity index (χ4v) is 6.65. The predicted octanol–water partition coefficient (Wildman–Crippen LogP) is 4.68. The number of hydrogen-bond donors (Lipinski definition) is 0. The Hall–Kier alpha value is -4.78. The number of methoxy groups -OCH3 is 3. The summed E-state index contributed by atoms with van der Waals surface area (Å²) in [4.78, 5) is 26.8. The van der Waals surface area contributed by atoms with Gasteiger partial charge in [0.05, 0.1) is 40.1 Å². The number of esters is 2. The van der Waals surface area contributed by atoms with Crippen LogP contribution in [0.5, 0.6) is 28.7 Å². The Morgan fingerprint density at radius 1 is 0.956 bits per heavy atom. The minimum absolute atomic E-state index is 0.0550. The zero-order valence-electron chi connectivity index (χ0n) is 24.5. The van der Waals surface area contributed by atoms with Crippen molar-refractivity contribution >= 4 is 27.9 Å². The molecule has 4 aromatic rings. The SMILES string of the molecule is COc1cc([C@@H]2c3cc4c(cc3[C@H](OC(=O)Cn3cc(-c5ccc(Br)cc5)nn3)[C@H]3COC(=O)[C@H]23)OCO4)cc(OC)c1OC. The number of carbonyl (C=O) groups excluding carboxylic acids is 2. The first-order valence-corrected chi connectivity index (χ1v) is 14.9. The van der Waals surface area contributed by atoms with Gasteiger partial charge >= 0.3 is 11.9 Å². The van der Waals surface area contributed by atoms with Crippen LogP contribution >= 0.6 is 15.9 Å². The van der Waals surface area contributed by atoms with Crippen molar-refractivity contribution in [2.75, 3.05) is 34.7 Å². The van der Waals surface area contributed by atoms with E-state index in [9.17, 15) is 9.59 Å². The fraction of sp³-hybridized carbons (Fsp3) is 0.312. The molecule has 12 nitrogen and oxygen atoms in total. The average Bonchev–Trinajstić information content (AvgIpc) is 3.80. The van der Waals surface area contributed by atoms with Gasteiger partial charge in [-0.1, -0.05) is 33.3 Å². The number of carbonyl (C=O) groups is 2. The molecule has 3 aromatic carbocycles. The van der Waals surface area contributed by atoms with E-state index in [4.69, 9.17) is 33.2 Å². The third kappa shape index (κ3) is 5.10. The van der Waals surface area contributed by atoms with Crippen molar-refractivity contribution < 1.29 is 42.7 Å². The summed E-state index contributed by atoms with van der Waals surface area (Å²) in [5.41, 5.74) is 3.66. The maximum atomic E-state index is 13.4. The van der Waals surface area contributed by atoms with Crippen LogP contribution < -0.4 is 23.7 Å². The van der Waals surface area contributed by atoms with E-state index < -0.39 is 35.8 Å². The second-order valence-electron chi connectivity index (χ2n) is 10.8. The van der Waals surface area contributed by atoms with Crippen molar-refractivity contribution in [2.24, 2.45) is 11.8 Å². The molecule has 232 valence electrons. The third-order valence-corrected chi connectivity index (χ3v) is 8.92. The van der Waals surface area contributed by atoms with E-state index in [1.54, 1.807) is 6.20 Å². The number of cyclic esters (lactones) is 1. The molecule has 3 aliphatic rings. The minimum Gasteiger partial charge on any atom is -0.493 e. The van der Waals surface area contributed by atoms with Gasteiger partial charge in [0.2, 0.25) is 12.5 Å². The number of hydrogen-bond acceptors (Lipinski definition) is 11. The smallest absolute Gasteiger partial charge is 0.328 e. The average molecular weight is 678 g/mol. The van der Waals surface area contributed by atoms with Gasteiger partial charge in [0.1, 0.15) is 18.3 Å². The lowest BCUT2D eigenvalue weighted by Gasteiger charge is -2.38. The van der Waals surface area contributed by atoms with Crippen LogP contribution in [0, 0.1) is 11.8 Å². The topological polar surface area (TPSA) is 129 Å². The van der Waals surface area contributed by atoms with Crippen molar-refractivity contribution in [3.63, 3.8) is 0 Å². The zero-order valence-corrected chi connectivity index (χ0v) is 26.1. The molecule has 0 amide bonds. The molecule has 1 aromatic heterocycles. The van der Waals surface area contributed by atoms with Crippen LogP contribution in [0.3, 0.4) is 0 Å².